The number of carbonyl (C=O) groups is 1. The van der Waals surface area contributed by atoms with Gasteiger partial charge in [-0.15, -0.1) is 12.4 Å². The zero-order valence-corrected chi connectivity index (χ0v) is 14.9. The minimum Gasteiger partial charge on any atom is -0.388 e. The maximum Gasteiger partial charge on any atom is 0.237 e. The van der Waals surface area contributed by atoms with Gasteiger partial charge in [0, 0.05) is 6.04 Å². The lowest BCUT2D eigenvalue weighted by molar-refractivity contribution is -0.123. The molecule has 3 atom stereocenters. The van der Waals surface area contributed by atoms with Crippen LogP contribution in [0.25, 0.3) is 0 Å². The van der Waals surface area contributed by atoms with Crippen LogP contribution in [0.3, 0.4) is 0 Å². The molecule has 0 spiro atoms. The van der Waals surface area contributed by atoms with Crippen molar-refractivity contribution in [2.45, 2.75) is 38.0 Å². The number of aliphatic hydroxyl groups is 1. The van der Waals surface area contributed by atoms with Crippen LogP contribution in [0.4, 0.5) is 4.39 Å². The SMILES string of the molecule is CC(CC(O)c1ccc(F)cc1)NC(=O)[C@@H](N)Cc1ccccc1.Cl. The lowest BCUT2D eigenvalue weighted by atomic mass is 10.0. The van der Waals surface area contributed by atoms with Crippen molar-refractivity contribution in [3.63, 3.8) is 0 Å². The van der Waals surface area contributed by atoms with Gasteiger partial charge in [0.2, 0.25) is 5.91 Å². The molecular formula is C19H24ClFN2O2. The summed E-state index contributed by atoms with van der Waals surface area (Å²) < 4.78 is 12.9. The van der Waals surface area contributed by atoms with E-state index < -0.39 is 12.1 Å². The van der Waals surface area contributed by atoms with Gasteiger partial charge in [-0.05, 0) is 43.0 Å². The molecule has 1 amide bonds. The Labute approximate surface area is 153 Å². The van der Waals surface area contributed by atoms with Gasteiger partial charge in [0.15, 0.2) is 0 Å². The Balaban J connectivity index is 0.00000312. The van der Waals surface area contributed by atoms with E-state index in [1.54, 1.807) is 6.92 Å². The molecule has 0 aromatic heterocycles. The van der Waals surface area contributed by atoms with Crippen LogP contribution in [-0.4, -0.2) is 23.1 Å². The van der Waals surface area contributed by atoms with Gasteiger partial charge >= 0.3 is 0 Å². The molecule has 0 radical (unpaired) electrons. The van der Waals surface area contributed by atoms with Gasteiger partial charge in [0.25, 0.3) is 0 Å². The molecule has 136 valence electrons. The van der Waals surface area contributed by atoms with Crippen LogP contribution in [-0.2, 0) is 11.2 Å². The van der Waals surface area contributed by atoms with E-state index in [1.165, 1.54) is 24.3 Å². The average molecular weight is 367 g/mol. The number of benzene rings is 2. The van der Waals surface area contributed by atoms with E-state index in [-0.39, 0.29) is 30.2 Å². The fourth-order valence-corrected chi connectivity index (χ4v) is 2.53. The van der Waals surface area contributed by atoms with Crippen molar-refractivity contribution in [3.8, 4) is 0 Å². The number of aliphatic hydroxyl groups excluding tert-OH is 1. The number of hydrogen-bond acceptors (Lipinski definition) is 3. The van der Waals surface area contributed by atoms with Gasteiger partial charge in [-0.2, -0.15) is 0 Å². The molecule has 0 aliphatic carbocycles. The van der Waals surface area contributed by atoms with Crippen molar-refractivity contribution in [3.05, 3.63) is 71.5 Å². The molecule has 0 aliphatic rings. The second-order valence-electron chi connectivity index (χ2n) is 6.01. The lowest BCUT2D eigenvalue weighted by Crippen LogP contribution is -2.45. The maximum absolute atomic E-state index is 12.9. The second-order valence-corrected chi connectivity index (χ2v) is 6.01. The van der Waals surface area contributed by atoms with Gasteiger partial charge in [-0.1, -0.05) is 42.5 Å². The molecule has 6 heteroatoms. The summed E-state index contributed by atoms with van der Waals surface area (Å²) in [6.07, 6.45) is 0.0150. The first kappa shape index (κ1) is 21.1. The Hall–Kier alpha value is -1.95. The second kappa shape index (κ2) is 10.1. The molecule has 0 fully saturated rings. The van der Waals surface area contributed by atoms with E-state index in [9.17, 15) is 14.3 Å². The van der Waals surface area contributed by atoms with Crippen molar-refractivity contribution in [2.24, 2.45) is 5.73 Å². The zero-order valence-electron chi connectivity index (χ0n) is 14.1. The van der Waals surface area contributed by atoms with Gasteiger partial charge < -0.3 is 16.2 Å². The predicted molar refractivity (Wildman–Crippen MR) is 99.0 cm³/mol. The van der Waals surface area contributed by atoms with E-state index in [2.05, 4.69) is 5.32 Å². The predicted octanol–water partition coefficient (Wildman–Crippen LogP) is 2.75. The molecule has 25 heavy (non-hydrogen) atoms. The summed E-state index contributed by atoms with van der Waals surface area (Å²) in [6, 6.07) is 14.4. The quantitative estimate of drug-likeness (QED) is 0.705. The van der Waals surface area contributed by atoms with Gasteiger partial charge in [-0.3, -0.25) is 4.79 Å². The van der Waals surface area contributed by atoms with Crippen LogP contribution in [0.15, 0.2) is 54.6 Å². The summed E-state index contributed by atoms with van der Waals surface area (Å²) in [4.78, 5) is 12.2. The third-order valence-electron chi connectivity index (χ3n) is 3.86. The van der Waals surface area contributed by atoms with Crippen LogP contribution in [0, 0.1) is 5.82 Å². The summed E-state index contributed by atoms with van der Waals surface area (Å²) in [5.41, 5.74) is 7.56. The van der Waals surface area contributed by atoms with Crippen LogP contribution in [0.2, 0.25) is 0 Å². The third kappa shape index (κ3) is 6.82. The minimum atomic E-state index is -0.772. The molecule has 0 heterocycles. The highest BCUT2D eigenvalue weighted by Crippen LogP contribution is 2.18. The average Bonchev–Trinajstić information content (AvgIpc) is 2.56. The molecular weight excluding hydrogens is 343 g/mol. The molecule has 2 aromatic rings. The number of nitrogens with one attached hydrogen (secondary N) is 1. The minimum absolute atomic E-state index is 0. The summed E-state index contributed by atoms with van der Waals surface area (Å²) in [5, 5.41) is 13.0. The molecule has 4 nitrogen and oxygen atoms in total. The molecule has 2 unspecified atom stereocenters. The van der Waals surface area contributed by atoms with Crippen LogP contribution < -0.4 is 11.1 Å². The highest BCUT2D eigenvalue weighted by Gasteiger charge is 2.19. The van der Waals surface area contributed by atoms with Crippen molar-refractivity contribution in [2.75, 3.05) is 0 Å². The molecule has 0 saturated carbocycles. The van der Waals surface area contributed by atoms with Gasteiger partial charge in [0.1, 0.15) is 5.82 Å². The van der Waals surface area contributed by atoms with Crippen LogP contribution >= 0.6 is 12.4 Å². The highest BCUT2D eigenvalue weighted by molar-refractivity contribution is 5.85. The molecule has 4 N–H and O–H groups in total. The number of hydrogen-bond donors (Lipinski definition) is 3. The Morgan fingerprint density at radius 1 is 1.16 bits per heavy atom. The topological polar surface area (TPSA) is 75.3 Å². The standard InChI is InChI=1S/C19H23FN2O2.ClH/c1-13(11-18(23)15-7-9-16(20)10-8-15)22-19(24)17(21)12-14-5-3-2-4-6-14;/h2-10,13,17-18,23H,11-12,21H2,1H3,(H,22,24);1H/t13?,17-,18?;/m0./s1. The first-order valence-corrected chi connectivity index (χ1v) is 7.99. The van der Waals surface area contributed by atoms with E-state index in [0.29, 0.717) is 18.4 Å². The smallest absolute Gasteiger partial charge is 0.237 e. The Bertz CT molecular complexity index is 652. The van der Waals surface area contributed by atoms with Crippen molar-refractivity contribution in [1.82, 2.24) is 5.32 Å². The Kier molecular flexibility index (Phi) is 8.55. The fraction of sp³-hybridized carbons (Fsp3) is 0.316. The number of rotatable bonds is 7. The van der Waals surface area contributed by atoms with E-state index in [0.717, 1.165) is 5.56 Å². The third-order valence-corrected chi connectivity index (χ3v) is 3.86. The van der Waals surface area contributed by atoms with E-state index in [1.807, 2.05) is 30.3 Å². The first-order valence-electron chi connectivity index (χ1n) is 7.99. The van der Waals surface area contributed by atoms with E-state index in [4.69, 9.17) is 5.73 Å². The largest absolute Gasteiger partial charge is 0.388 e. The molecule has 0 aliphatic heterocycles. The number of amides is 1. The van der Waals surface area contributed by atoms with Gasteiger partial charge in [0.05, 0.1) is 12.1 Å². The molecule has 0 bridgehead atoms. The number of halogens is 2. The van der Waals surface area contributed by atoms with Crippen molar-refractivity contribution < 1.29 is 14.3 Å². The fourth-order valence-electron chi connectivity index (χ4n) is 2.53. The lowest BCUT2D eigenvalue weighted by Gasteiger charge is -2.20. The van der Waals surface area contributed by atoms with Crippen molar-refractivity contribution >= 4 is 18.3 Å². The monoisotopic (exact) mass is 366 g/mol. The summed E-state index contributed by atoms with van der Waals surface area (Å²) >= 11 is 0. The number of nitrogens with two attached hydrogens (primary N) is 1. The van der Waals surface area contributed by atoms with E-state index >= 15 is 0 Å². The maximum atomic E-state index is 12.9. The summed E-state index contributed by atoms with van der Waals surface area (Å²) in [6.45, 7) is 1.81. The highest BCUT2D eigenvalue weighted by atomic mass is 35.5. The van der Waals surface area contributed by atoms with Crippen LogP contribution in [0.5, 0.6) is 0 Å². The molecule has 2 rings (SSSR count). The normalized spacial score (nSPS) is 14.1. The van der Waals surface area contributed by atoms with Gasteiger partial charge in [-0.25, -0.2) is 4.39 Å². The Morgan fingerprint density at radius 2 is 1.76 bits per heavy atom. The van der Waals surface area contributed by atoms with Crippen molar-refractivity contribution in [1.29, 1.82) is 0 Å². The Morgan fingerprint density at radius 3 is 2.36 bits per heavy atom. The summed E-state index contributed by atoms with van der Waals surface area (Å²) in [5.74, 6) is -0.600. The molecule has 2 aromatic carbocycles. The first-order chi connectivity index (χ1) is 11.5. The van der Waals surface area contributed by atoms with Crippen LogP contribution in [0.1, 0.15) is 30.6 Å². The molecule has 0 saturated heterocycles. The summed E-state index contributed by atoms with van der Waals surface area (Å²) in [7, 11) is 0. The zero-order chi connectivity index (χ0) is 17.5. The number of carbonyl (C=O) groups excluding carboxylic acids is 1.